The zero-order chi connectivity index (χ0) is 23.1. The van der Waals surface area contributed by atoms with Gasteiger partial charge in [-0.1, -0.05) is 30.3 Å². The Hall–Kier alpha value is -2.93. The lowest BCUT2D eigenvalue weighted by atomic mass is 9.67. The summed E-state index contributed by atoms with van der Waals surface area (Å²) < 4.78 is 15.0. The van der Waals surface area contributed by atoms with E-state index in [1.54, 1.807) is 40.0 Å². The van der Waals surface area contributed by atoms with E-state index in [4.69, 9.17) is 5.73 Å². The topological polar surface area (TPSA) is 74.0 Å². The molecule has 3 N–H and O–H groups in total. The number of aliphatic imine (C=N–C) groups is 1. The monoisotopic (exact) mass is 437 g/mol. The minimum absolute atomic E-state index is 0.0990. The van der Waals surface area contributed by atoms with Gasteiger partial charge in [0.2, 0.25) is 5.91 Å². The lowest BCUT2D eigenvalue weighted by Crippen LogP contribution is -2.58. The van der Waals surface area contributed by atoms with Crippen molar-refractivity contribution in [2.45, 2.75) is 45.3 Å². The van der Waals surface area contributed by atoms with Crippen molar-refractivity contribution in [2.24, 2.45) is 16.1 Å². The Kier molecular flexibility index (Phi) is 5.71. The Labute approximate surface area is 189 Å². The average molecular weight is 438 g/mol. The van der Waals surface area contributed by atoms with Crippen LogP contribution in [0.4, 0.5) is 10.1 Å². The van der Waals surface area contributed by atoms with E-state index in [9.17, 15) is 4.79 Å². The van der Waals surface area contributed by atoms with Gasteiger partial charge in [-0.25, -0.2) is 9.38 Å². The number of anilines is 1. The van der Waals surface area contributed by atoms with Crippen LogP contribution in [0, 0.1) is 11.2 Å². The molecule has 1 amide bonds. The number of hydrogen-bond acceptors (Lipinski definition) is 5. The summed E-state index contributed by atoms with van der Waals surface area (Å²) in [6.45, 7) is 8.21. The van der Waals surface area contributed by atoms with Crippen LogP contribution < -0.4 is 11.1 Å². The van der Waals surface area contributed by atoms with Gasteiger partial charge in [-0.05, 0) is 51.0 Å². The molecule has 2 atom stereocenters. The molecule has 0 spiro atoms. The first kappa shape index (κ1) is 22.3. The van der Waals surface area contributed by atoms with Crippen LogP contribution >= 0.6 is 0 Å². The number of nitrogens with two attached hydrogens (primary N) is 1. The van der Waals surface area contributed by atoms with E-state index < -0.39 is 16.8 Å². The van der Waals surface area contributed by atoms with Crippen molar-refractivity contribution in [1.29, 1.82) is 0 Å². The maximum Gasteiger partial charge on any atom is 0.237 e. The van der Waals surface area contributed by atoms with Crippen LogP contribution in [-0.2, 0) is 16.9 Å². The predicted octanol–water partition coefficient (Wildman–Crippen LogP) is 3.54. The van der Waals surface area contributed by atoms with Crippen molar-refractivity contribution in [3.05, 3.63) is 65.5 Å². The molecule has 2 aromatic rings. The Bertz CT molecular complexity index is 1040. The number of carbonyl (C=O) groups excluding carboxylic acids is 1. The number of nitrogens with zero attached hydrogens (tertiary/aromatic N) is 3. The Morgan fingerprint density at radius 2 is 1.91 bits per heavy atom. The first-order chi connectivity index (χ1) is 15.1. The number of rotatable bonds is 5. The van der Waals surface area contributed by atoms with Crippen molar-refractivity contribution >= 4 is 17.6 Å². The van der Waals surface area contributed by atoms with Crippen LogP contribution in [0.2, 0.25) is 0 Å². The minimum Gasteiger partial charge on any atom is -0.381 e. The molecule has 2 aromatic carbocycles. The summed E-state index contributed by atoms with van der Waals surface area (Å²) in [6, 6.07) is 15.7. The molecule has 32 heavy (non-hydrogen) atoms. The maximum atomic E-state index is 15.0. The molecule has 2 aliphatic rings. The summed E-state index contributed by atoms with van der Waals surface area (Å²) >= 11 is 0. The lowest BCUT2D eigenvalue weighted by Gasteiger charge is -2.46. The van der Waals surface area contributed by atoms with E-state index in [1.807, 2.05) is 6.07 Å². The van der Waals surface area contributed by atoms with Crippen molar-refractivity contribution in [3.63, 3.8) is 0 Å². The fourth-order valence-electron chi connectivity index (χ4n) is 4.73. The molecule has 0 aromatic heterocycles. The molecule has 4 rings (SSSR count). The highest BCUT2D eigenvalue weighted by atomic mass is 19.1. The van der Waals surface area contributed by atoms with Crippen LogP contribution in [0.25, 0.3) is 0 Å². The summed E-state index contributed by atoms with van der Waals surface area (Å²) in [6.07, 6.45) is 1.01. The number of hydrogen-bond donors (Lipinski definition) is 2. The van der Waals surface area contributed by atoms with E-state index in [2.05, 4.69) is 39.5 Å². The van der Waals surface area contributed by atoms with E-state index in [1.165, 1.54) is 16.5 Å². The van der Waals surface area contributed by atoms with Crippen LogP contribution in [-0.4, -0.2) is 47.8 Å². The predicted molar refractivity (Wildman–Crippen MR) is 126 cm³/mol. The first-order valence-corrected chi connectivity index (χ1v) is 11.1. The highest BCUT2D eigenvalue weighted by Gasteiger charge is 2.53. The number of nitrogens with one attached hydrogen (secondary N) is 1. The first-order valence-electron chi connectivity index (χ1n) is 11.1. The van der Waals surface area contributed by atoms with Crippen molar-refractivity contribution < 1.29 is 9.18 Å². The normalized spacial score (nSPS) is 25.7. The highest BCUT2D eigenvalue weighted by molar-refractivity contribution is 6.01. The number of guanidine groups is 1. The quantitative estimate of drug-likeness (QED) is 0.750. The van der Waals surface area contributed by atoms with Crippen LogP contribution in [0.15, 0.2) is 53.5 Å². The van der Waals surface area contributed by atoms with Gasteiger partial charge in [0.15, 0.2) is 5.96 Å². The van der Waals surface area contributed by atoms with Crippen molar-refractivity contribution in [2.75, 3.05) is 25.5 Å². The number of likely N-dealkylation sites (tertiary alicyclic amines) is 1. The van der Waals surface area contributed by atoms with Crippen LogP contribution in [0.1, 0.15) is 38.3 Å². The number of carbonyl (C=O) groups is 1. The molecule has 6 nitrogen and oxygen atoms in total. The Morgan fingerprint density at radius 3 is 2.62 bits per heavy atom. The van der Waals surface area contributed by atoms with Gasteiger partial charge in [-0.3, -0.25) is 14.6 Å². The van der Waals surface area contributed by atoms with Gasteiger partial charge in [0.05, 0.1) is 5.41 Å². The molecule has 1 fully saturated rings. The lowest BCUT2D eigenvalue weighted by molar-refractivity contribution is -0.140. The van der Waals surface area contributed by atoms with E-state index in [0.717, 1.165) is 31.7 Å². The second kappa shape index (κ2) is 8.20. The van der Waals surface area contributed by atoms with Gasteiger partial charge >= 0.3 is 0 Å². The van der Waals surface area contributed by atoms with Crippen LogP contribution in [0.3, 0.4) is 0 Å². The zero-order valence-electron chi connectivity index (χ0n) is 19.2. The largest absolute Gasteiger partial charge is 0.381 e. The van der Waals surface area contributed by atoms with E-state index >= 15 is 4.39 Å². The number of benzene rings is 2. The van der Waals surface area contributed by atoms with Crippen molar-refractivity contribution in [1.82, 2.24) is 9.80 Å². The molecule has 0 bridgehead atoms. The SMILES string of the molecule is CN1C(=O)C(C)(C)[C@@](C)(c2cc(NC3CCN(Cc4ccccc4)C3)ccc2F)N=C1N. The Morgan fingerprint density at radius 1 is 1.19 bits per heavy atom. The fourth-order valence-corrected chi connectivity index (χ4v) is 4.73. The smallest absolute Gasteiger partial charge is 0.237 e. The second-order valence-electron chi connectivity index (χ2n) is 9.58. The average Bonchev–Trinajstić information content (AvgIpc) is 3.20. The van der Waals surface area contributed by atoms with Gasteiger partial charge in [0.25, 0.3) is 0 Å². The molecule has 1 unspecified atom stereocenters. The molecule has 0 aliphatic carbocycles. The molecule has 2 aliphatic heterocycles. The molecule has 1 saturated heterocycles. The summed E-state index contributed by atoms with van der Waals surface area (Å²) in [5.74, 6) is -0.475. The molecule has 0 saturated carbocycles. The van der Waals surface area contributed by atoms with Gasteiger partial charge in [-0.15, -0.1) is 0 Å². The summed E-state index contributed by atoms with van der Waals surface area (Å²) in [5, 5.41) is 3.56. The van der Waals surface area contributed by atoms with Crippen LogP contribution in [0.5, 0.6) is 0 Å². The van der Waals surface area contributed by atoms with Gasteiger partial charge in [0, 0.05) is 44.0 Å². The van der Waals surface area contributed by atoms with E-state index in [-0.39, 0.29) is 17.9 Å². The van der Waals surface area contributed by atoms with Gasteiger partial charge in [0.1, 0.15) is 11.4 Å². The van der Waals surface area contributed by atoms with Gasteiger partial charge < -0.3 is 11.1 Å². The third kappa shape index (κ3) is 3.86. The second-order valence-corrected chi connectivity index (χ2v) is 9.58. The number of halogens is 1. The van der Waals surface area contributed by atoms with Gasteiger partial charge in [-0.2, -0.15) is 0 Å². The summed E-state index contributed by atoms with van der Waals surface area (Å²) in [4.78, 5) is 21.3. The standard InChI is InChI=1S/C25H32FN5O/c1-24(2)22(32)30(4)23(27)29-25(24,3)20-14-18(10-11-21(20)26)28-19-12-13-31(16-19)15-17-8-6-5-7-9-17/h5-11,14,19,28H,12-13,15-16H2,1-4H3,(H2,27,29)/t19?,25-/m1/s1. The molecular weight excluding hydrogens is 405 g/mol. The molecular formula is C25H32FN5O. The minimum atomic E-state index is -1.11. The number of amides is 1. The maximum absolute atomic E-state index is 15.0. The fraction of sp³-hybridized carbons (Fsp3) is 0.440. The van der Waals surface area contributed by atoms with Crippen molar-refractivity contribution in [3.8, 4) is 0 Å². The zero-order valence-corrected chi connectivity index (χ0v) is 19.2. The molecule has 7 heteroatoms. The third-order valence-electron chi connectivity index (χ3n) is 7.12. The molecule has 170 valence electrons. The van der Waals surface area contributed by atoms with E-state index in [0.29, 0.717) is 5.56 Å². The molecule has 0 radical (unpaired) electrons. The molecule has 2 heterocycles. The summed E-state index contributed by atoms with van der Waals surface area (Å²) in [5.41, 5.74) is 6.44. The highest BCUT2D eigenvalue weighted by Crippen LogP contribution is 2.47. The Balaban J connectivity index is 1.54. The summed E-state index contributed by atoms with van der Waals surface area (Å²) in [7, 11) is 1.60. The third-order valence-corrected chi connectivity index (χ3v) is 7.12.